The van der Waals surface area contributed by atoms with Crippen molar-refractivity contribution in [3.05, 3.63) is 65.1 Å². The lowest BCUT2D eigenvalue weighted by molar-refractivity contribution is -0.136. The summed E-state index contributed by atoms with van der Waals surface area (Å²) in [5, 5.41) is 0.718. The van der Waals surface area contributed by atoms with Gasteiger partial charge in [0.2, 0.25) is 11.8 Å². The molecule has 4 rings (SSSR count). The predicted octanol–water partition coefficient (Wildman–Crippen LogP) is 3.34. The molecule has 6 heteroatoms. The van der Waals surface area contributed by atoms with Crippen LogP contribution >= 0.6 is 0 Å². The highest BCUT2D eigenvalue weighted by Crippen LogP contribution is 2.26. The van der Waals surface area contributed by atoms with Crippen LogP contribution in [0.2, 0.25) is 0 Å². The molecule has 3 aromatic rings. The maximum Gasteiger partial charge on any atom is 0.246 e. The molecule has 1 saturated heterocycles. The van der Waals surface area contributed by atoms with Crippen molar-refractivity contribution in [3.8, 4) is 0 Å². The Morgan fingerprint density at radius 3 is 2.64 bits per heavy atom. The smallest absolute Gasteiger partial charge is 0.246 e. The van der Waals surface area contributed by atoms with Crippen LogP contribution in [0.15, 0.2) is 42.5 Å². The normalized spacial score (nSPS) is 14.8. The number of rotatable bonds is 3. The molecule has 0 saturated carbocycles. The number of carbonyl (C=O) groups excluding carboxylic acids is 2. The Hall–Kier alpha value is -3.15. The predicted molar refractivity (Wildman–Crippen MR) is 107 cm³/mol. The van der Waals surface area contributed by atoms with Crippen LogP contribution in [-0.4, -0.2) is 41.3 Å². The maximum atomic E-state index is 14.0. The molecule has 0 spiro atoms. The summed E-state index contributed by atoms with van der Waals surface area (Å²) in [7, 11) is 0. The number of halogens is 1. The molecule has 1 N–H and O–H groups in total. The number of hydrogen-bond donors (Lipinski definition) is 1. The van der Waals surface area contributed by atoms with E-state index in [1.807, 2.05) is 44.2 Å². The lowest BCUT2D eigenvalue weighted by atomic mass is 10.1. The van der Waals surface area contributed by atoms with Gasteiger partial charge in [-0.2, -0.15) is 0 Å². The SMILES string of the molecule is Cc1ccccc1N1CCN(C(=O)Cc2c(C)[nH]c3c(F)cccc23)CC1=O. The number of anilines is 1. The summed E-state index contributed by atoms with van der Waals surface area (Å²) in [6.07, 6.45) is 0.146. The Kier molecular flexibility index (Phi) is 4.63. The molecule has 2 amide bonds. The van der Waals surface area contributed by atoms with E-state index >= 15 is 0 Å². The fourth-order valence-corrected chi connectivity index (χ4v) is 3.87. The Morgan fingerprint density at radius 2 is 1.89 bits per heavy atom. The molecule has 0 atom stereocenters. The van der Waals surface area contributed by atoms with Crippen LogP contribution in [-0.2, 0) is 16.0 Å². The number of benzene rings is 2. The lowest BCUT2D eigenvalue weighted by Gasteiger charge is -2.35. The van der Waals surface area contributed by atoms with Gasteiger partial charge in [-0.25, -0.2) is 4.39 Å². The van der Waals surface area contributed by atoms with E-state index in [1.54, 1.807) is 15.9 Å². The Labute approximate surface area is 162 Å². The average Bonchev–Trinajstić information content (AvgIpc) is 2.99. The third-order valence-corrected chi connectivity index (χ3v) is 5.41. The van der Waals surface area contributed by atoms with Crippen LogP contribution in [0.25, 0.3) is 10.9 Å². The Balaban J connectivity index is 1.50. The van der Waals surface area contributed by atoms with E-state index in [-0.39, 0.29) is 30.6 Å². The number of nitrogens with one attached hydrogen (secondary N) is 1. The van der Waals surface area contributed by atoms with Gasteiger partial charge in [0.1, 0.15) is 12.4 Å². The zero-order chi connectivity index (χ0) is 19.8. The zero-order valence-corrected chi connectivity index (χ0v) is 16.0. The molecule has 144 valence electrons. The fourth-order valence-electron chi connectivity index (χ4n) is 3.87. The van der Waals surface area contributed by atoms with Gasteiger partial charge in [-0.15, -0.1) is 0 Å². The van der Waals surface area contributed by atoms with E-state index in [2.05, 4.69) is 4.98 Å². The lowest BCUT2D eigenvalue weighted by Crippen LogP contribution is -2.53. The van der Waals surface area contributed by atoms with Crippen molar-refractivity contribution in [1.82, 2.24) is 9.88 Å². The first-order chi connectivity index (χ1) is 13.5. The molecule has 5 nitrogen and oxygen atoms in total. The van der Waals surface area contributed by atoms with Gasteiger partial charge in [-0.05, 0) is 37.1 Å². The quantitative estimate of drug-likeness (QED) is 0.759. The number of aryl methyl sites for hydroxylation is 2. The molecule has 2 aromatic carbocycles. The molecule has 1 aromatic heterocycles. The van der Waals surface area contributed by atoms with E-state index in [9.17, 15) is 14.0 Å². The topological polar surface area (TPSA) is 56.4 Å². The van der Waals surface area contributed by atoms with Crippen molar-refractivity contribution >= 4 is 28.4 Å². The summed E-state index contributed by atoms with van der Waals surface area (Å²) in [6.45, 7) is 4.82. The molecule has 0 radical (unpaired) electrons. The molecule has 0 unspecified atom stereocenters. The second-order valence-corrected chi connectivity index (χ2v) is 7.21. The van der Waals surface area contributed by atoms with Crippen LogP contribution in [0.4, 0.5) is 10.1 Å². The summed E-state index contributed by atoms with van der Waals surface area (Å²) < 4.78 is 14.0. The third-order valence-electron chi connectivity index (χ3n) is 5.41. The standard InChI is InChI=1S/C22H22FN3O2/c1-14-6-3-4-9-19(14)26-11-10-25(13-21(26)28)20(27)12-17-15(2)24-22-16(17)7-5-8-18(22)23/h3-9,24H,10-13H2,1-2H3. The Bertz CT molecular complexity index is 1070. The summed E-state index contributed by atoms with van der Waals surface area (Å²) in [5.74, 6) is -0.539. The highest BCUT2D eigenvalue weighted by molar-refractivity contribution is 5.99. The van der Waals surface area contributed by atoms with Crippen LogP contribution in [0.5, 0.6) is 0 Å². The molecule has 28 heavy (non-hydrogen) atoms. The minimum absolute atomic E-state index is 0.0585. The number of hydrogen-bond acceptors (Lipinski definition) is 2. The van der Waals surface area contributed by atoms with E-state index < -0.39 is 0 Å². The second kappa shape index (κ2) is 7.11. The van der Waals surface area contributed by atoms with E-state index in [4.69, 9.17) is 0 Å². The maximum absolute atomic E-state index is 14.0. The number of para-hydroxylation sites is 2. The highest BCUT2D eigenvalue weighted by atomic mass is 19.1. The van der Waals surface area contributed by atoms with Crippen molar-refractivity contribution in [2.24, 2.45) is 0 Å². The van der Waals surface area contributed by atoms with Gasteiger partial charge in [0, 0.05) is 29.9 Å². The van der Waals surface area contributed by atoms with Gasteiger partial charge in [0.25, 0.3) is 0 Å². The van der Waals surface area contributed by atoms with Crippen molar-refractivity contribution in [2.75, 3.05) is 24.5 Å². The van der Waals surface area contributed by atoms with E-state index in [0.29, 0.717) is 18.6 Å². The highest BCUT2D eigenvalue weighted by Gasteiger charge is 2.29. The first-order valence-electron chi connectivity index (χ1n) is 9.35. The van der Waals surface area contributed by atoms with Crippen LogP contribution in [0.1, 0.15) is 16.8 Å². The fraction of sp³-hybridized carbons (Fsp3) is 0.273. The molecule has 2 heterocycles. The minimum Gasteiger partial charge on any atom is -0.356 e. The molecule has 0 aliphatic carbocycles. The third kappa shape index (κ3) is 3.15. The van der Waals surface area contributed by atoms with Gasteiger partial charge in [-0.1, -0.05) is 30.3 Å². The number of amides is 2. The minimum atomic E-state index is -0.332. The monoisotopic (exact) mass is 379 g/mol. The first-order valence-corrected chi connectivity index (χ1v) is 9.35. The van der Waals surface area contributed by atoms with Gasteiger partial charge in [0.15, 0.2) is 0 Å². The zero-order valence-electron chi connectivity index (χ0n) is 16.0. The van der Waals surface area contributed by atoms with Crippen LogP contribution < -0.4 is 4.90 Å². The van der Waals surface area contributed by atoms with Crippen LogP contribution in [0, 0.1) is 19.7 Å². The molecule has 1 aliphatic heterocycles. The number of H-pyrrole nitrogens is 1. The van der Waals surface area contributed by atoms with E-state index in [0.717, 1.165) is 27.9 Å². The number of piperazine rings is 1. The number of fused-ring (bicyclic) bond motifs is 1. The average molecular weight is 379 g/mol. The van der Waals surface area contributed by atoms with Crippen molar-refractivity contribution in [3.63, 3.8) is 0 Å². The number of aromatic amines is 1. The van der Waals surface area contributed by atoms with Gasteiger partial charge in [-0.3, -0.25) is 9.59 Å². The largest absolute Gasteiger partial charge is 0.356 e. The van der Waals surface area contributed by atoms with Gasteiger partial charge < -0.3 is 14.8 Å². The number of aromatic nitrogens is 1. The van der Waals surface area contributed by atoms with E-state index in [1.165, 1.54) is 6.07 Å². The number of nitrogens with zero attached hydrogens (tertiary/aromatic N) is 2. The second-order valence-electron chi connectivity index (χ2n) is 7.21. The van der Waals surface area contributed by atoms with Crippen molar-refractivity contribution in [1.29, 1.82) is 0 Å². The number of carbonyl (C=O) groups is 2. The molecular weight excluding hydrogens is 357 g/mol. The summed E-state index contributed by atoms with van der Waals surface area (Å²) in [4.78, 5) is 31.9. The molecule has 0 bridgehead atoms. The first kappa shape index (κ1) is 18.2. The molecule has 1 aliphatic rings. The van der Waals surface area contributed by atoms with Gasteiger partial charge >= 0.3 is 0 Å². The summed E-state index contributed by atoms with van der Waals surface area (Å²) in [6, 6.07) is 12.6. The molecule has 1 fully saturated rings. The summed E-state index contributed by atoms with van der Waals surface area (Å²) in [5.41, 5.74) is 3.91. The Morgan fingerprint density at radius 1 is 1.11 bits per heavy atom. The molecular formula is C22H22FN3O2. The van der Waals surface area contributed by atoms with Crippen LogP contribution in [0.3, 0.4) is 0 Å². The summed E-state index contributed by atoms with van der Waals surface area (Å²) >= 11 is 0. The van der Waals surface area contributed by atoms with Crippen molar-refractivity contribution < 1.29 is 14.0 Å². The van der Waals surface area contributed by atoms with Gasteiger partial charge in [0.05, 0.1) is 11.9 Å². The van der Waals surface area contributed by atoms with Crippen molar-refractivity contribution in [2.45, 2.75) is 20.3 Å².